The number of carboxylic acids is 1. The summed E-state index contributed by atoms with van der Waals surface area (Å²) in [4.78, 5) is 70.9. The summed E-state index contributed by atoms with van der Waals surface area (Å²) in [6.07, 6.45) is 6.06. The molecule has 8 N–H and O–H groups in total. The fourth-order valence-corrected chi connectivity index (χ4v) is 7.86. The Bertz CT molecular complexity index is 1490. The highest BCUT2D eigenvalue weighted by molar-refractivity contribution is 5.97. The topological polar surface area (TPSA) is 200 Å². The third-order valence-corrected chi connectivity index (χ3v) is 10.6. The molecule has 2 aliphatic heterocycles. The summed E-state index contributed by atoms with van der Waals surface area (Å²) in [5, 5.41) is 18.3. The molecule has 2 aromatic carbocycles. The smallest absolute Gasteiger partial charge is 0.317 e. The second kappa shape index (κ2) is 17.7. The Kier molecular flexibility index (Phi) is 13.2. The van der Waals surface area contributed by atoms with E-state index in [4.69, 9.17) is 11.5 Å². The van der Waals surface area contributed by atoms with E-state index in [0.717, 1.165) is 24.0 Å². The van der Waals surface area contributed by atoms with Crippen LogP contribution in [0.25, 0.3) is 0 Å². The second-order valence-corrected chi connectivity index (χ2v) is 14.3. The molecule has 2 heterocycles. The van der Waals surface area contributed by atoms with Crippen molar-refractivity contribution in [2.45, 2.75) is 106 Å². The average molecular weight is 704 g/mol. The van der Waals surface area contributed by atoms with E-state index in [0.29, 0.717) is 71.0 Å². The highest BCUT2D eigenvalue weighted by Gasteiger charge is 2.47. The van der Waals surface area contributed by atoms with Gasteiger partial charge in [-0.05, 0) is 69.0 Å². The molecule has 4 amide bonds. The molecule has 1 saturated carbocycles. The van der Waals surface area contributed by atoms with Gasteiger partial charge in [-0.2, -0.15) is 0 Å². The maximum Gasteiger partial charge on any atom is 0.317 e. The largest absolute Gasteiger partial charge is 0.480 e. The predicted octanol–water partition coefficient (Wildman–Crippen LogP) is 1.09. The first kappa shape index (κ1) is 37.9. The number of carboxylic acid groups (broad SMARTS) is 1. The first-order chi connectivity index (χ1) is 24.6. The van der Waals surface area contributed by atoms with Crippen LogP contribution in [0.4, 0.5) is 0 Å². The molecule has 5 atom stereocenters. The molecule has 3 aliphatic rings. The minimum atomic E-state index is -1.26. The molecule has 3 fully saturated rings. The lowest BCUT2D eigenvalue weighted by Crippen LogP contribution is -2.65. The van der Waals surface area contributed by atoms with Crippen molar-refractivity contribution in [1.29, 1.82) is 0 Å². The molecule has 2 saturated heterocycles. The van der Waals surface area contributed by atoms with Crippen LogP contribution < -0.4 is 27.4 Å². The maximum atomic E-state index is 14.3. The Morgan fingerprint density at radius 3 is 1.96 bits per heavy atom. The van der Waals surface area contributed by atoms with Crippen LogP contribution in [-0.4, -0.2) is 106 Å². The van der Waals surface area contributed by atoms with Crippen LogP contribution in [0, 0.1) is 0 Å². The Hall–Kier alpha value is -4.33. The zero-order chi connectivity index (χ0) is 36.4. The molecule has 13 nitrogen and oxygen atoms in total. The van der Waals surface area contributed by atoms with Gasteiger partial charge in [0.1, 0.15) is 17.6 Å². The molecule has 5 unspecified atom stereocenters. The Labute approximate surface area is 299 Å². The summed E-state index contributed by atoms with van der Waals surface area (Å²) in [5.41, 5.74) is 12.5. The number of rotatable bonds is 17. The number of amides is 4. The molecular weight excluding hydrogens is 650 g/mol. The number of nitrogens with two attached hydrogens (primary N) is 2. The quantitative estimate of drug-likeness (QED) is 0.131. The van der Waals surface area contributed by atoms with Crippen LogP contribution >= 0.6 is 0 Å². The van der Waals surface area contributed by atoms with Gasteiger partial charge in [0, 0.05) is 31.6 Å². The van der Waals surface area contributed by atoms with Gasteiger partial charge < -0.3 is 37.4 Å². The number of hydrogen-bond donors (Lipinski definition) is 6. The fourth-order valence-electron chi connectivity index (χ4n) is 7.86. The summed E-state index contributed by atoms with van der Waals surface area (Å²) in [7, 11) is 0. The van der Waals surface area contributed by atoms with Gasteiger partial charge in [0.25, 0.3) is 0 Å². The molecule has 0 radical (unpaired) electrons. The molecule has 2 bridgehead atoms. The van der Waals surface area contributed by atoms with Gasteiger partial charge in [-0.15, -0.1) is 0 Å². The minimum Gasteiger partial charge on any atom is -0.480 e. The van der Waals surface area contributed by atoms with Crippen molar-refractivity contribution in [2.75, 3.05) is 26.2 Å². The Balaban J connectivity index is 1.30. The number of piperazine rings is 1. The first-order valence-corrected chi connectivity index (χ1v) is 18.3. The normalized spacial score (nSPS) is 21.3. The van der Waals surface area contributed by atoms with Crippen molar-refractivity contribution in [2.24, 2.45) is 11.5 Å². The number of nitrogens with one attached hydrogen (secondary N) is 3. The third kappa shape index (κ3) is 9.93. The van der Waals surface area contributed by atoms with E-state index in [1.165, 1.54) is 0 Å². The number of likely N-dealkylation sites (tertiary alicyclic amines) is 1. The minimum absolute atomic E-state index is 0.0396. The number of fused-ring (bicyclic) bond motifs is 2. The first-order valence-electron chi connectivity index (χ1n) is 18.3. The summed E-state index contributed by atoms with van der Waals surface area (Å²) < 4.78 is 0. The number of benzene rings is 2. The van der Waals surface area contributed by atoms with Crippen LogP contribution in [0.5, 0.6) is 0 Å². The summed E-state index contributed by atoms with van der Waals surface area (Å²) in [6, 6.07) is 16.0. The summed E-state index contributed by atoms with van der Waals surface area (Å²) >= 11 is 0. The van der Waals surface area contributed by atoms with Crippen molar-refractivity contribution in [1.82, 2.24) is 25.8 Å². The Morgan fingerprint density at radius 1 is 0.804 bits per heavy atom. The van der Waals surface area contributed by atoms with Gasteiger partial charge in [0.2, 0.25) is 23.6 Å². The maximum absolute atomic E-state index is 14.3. The number of nitrogens with zero attached hydrogens (tertiary/aromatic N) is 2. The van der Waals surface area contributed by atoms with Crippen LogP contribution in [0.1, 0.15) is 68.9 Å². The van der Waals surface area contributed by atoms with Gasteiger partial charge in [0.05, 0.1) is 12.6 Å². The van der Waals surface area contributed by atoms with Crippen LogP contribution in [0.2, 0.25) is 0 Å². The molecule has 51 heavy (non-hydrogen) atoms. The lowest BCUT2D eigenvalue weighted by molar-refractivity contribution is -0.144. The van der Waals surface area contributed by atoms with Crippen molar-refractivity contribution in [3.63, 3.8) is 0 Å². The molecule has 276 valence electrons. The average Bonchev–Trinajstić information content (AvgIpc) is 3.67. The van der Waals surface area contributed by atoms with Gasteiger partial charge >= 0.3 is 5.97 Å². The molecule has 5 rings (SSSR count). The number of hydrogen-bond acceptors (Lipinski definition) is 8. The summed E-state index contributed by atoms with van der Waals surface area (Å²) in [6.45, 7) is 1.21. The number of carbonyl (C=O) groups is 5. The van der Waals surface area contributed by atoms with Crippen LogP contribution in [0.15, 0.2) is 60.7 Å². The van der Waals surface area contributed by atoms with E-state index in [-0.39, 0.29) is 31.0 Å². The van der Waals surface area contributed by atoms with Gasteiger partial charge in [-0.1, -0.05) is 73.5 Å². The molecular formula is C38H53N7O6. The number of carbonyl (C=O) groups excluding carboxylic acids is 4. The monoisotopic (exact) mass is 703 g/mol. The van der Waals surface area contributed by atoms with Crippen LogP contribution in [-0.2, 0) is 36.8 Å². The Morgan fingerprint density at radius 2 is 1.39 bits per heavy atom. The van der Waals surface area contributed by atoms with Gasteiger partial charge in [-0.3, -0.25) is 28.9 Å². The van der Waals surface area contributed by atoms with Crippen LogP contribution in [0.3, 0.4) is 0 Å². The molecule has 2 aromatic rings. The van der Waals surface area contributed by atoms with Gasteiger partial charge in [0.15, 0.2) is 0 Å². The standard InChI is InChI=1S/C38H53N7O6/c39-20-10-7-15-31(36(50)44-23-28-16-17-29(24-44)45(28)25-33(46)47)42-37(51)38(18-8-9-19-38)43-35(49)32(22-27-13-5-2-6-14-27)41-34(48)30(40)21-26-11-3-1-4-12-26/h1-6,11-14,28-32H,7-10,15-25,39-40H2,(H,41,48)(H,42,51)(H,43,49)(H,46,47). The molecule has 13 heteroatoms. The van der Waals surface area contributed by atoms with E-state index in [9.17, 15) is 29.1 Å². The van der Waals surface area contributed by atoms with E-state index in [2.05, 4.69) is 16.0 Å². The lowest BCUT2D eigenvalue weighted by Gasteiger charge is -2.41. The molecule has 0 spiro atoms. The predicted molar refractivity (Wildman–Crippen MR) is 192 cm³/mol. The van der Waals surface area contributed by atoms with Gasteiger partial charge in [-0.25, -0.2) is 0 Å². The number of unbranched alkanes of at least 4 members (excludes halogenated alkanes) is 1. The van der Waals surface area contributed by atoms with E-state index in [1.807, 2.05) is 65.6 Å². The SMILES string of the molecule is NCCCCC(NC(=O)C1(NC(=O)C(Cc2ccccc2)NC(=O)C(N)Cc2ccccc2)CCCC1)C(=O)N1CC2CCC(C1)N2CC(=O)O. The van der Waals surface area contributed by atoms with Crippen molar-refractivity contribution >= 4 is 29.6 Å². The number of aliphatic carboxylic acids is 1. The van der Waals surface area contributed by atoms with E-state index in [1.54, 1.807) is 4.90 Å². The zero-order valence-corrected chi connectivity index (χ0v) is 29.3. The molecule has 0 aromatic heterocycles. The zero-order valence-electron chi connectivity index (χ0n) is 29.3. The highest BCUT2D eigenvalue weighted by Crippen LogP contribution is 2.32. The second-order valence-electron chi connectivity index (χ2n) is 14.3. The van der Waals surface area contributed by atoms with Crippen molar-refractivity contribution in [3.05, 3.63) is 71.8 Å². The van der Waals surface area contributed by atoms with Crippen molar-refractivity contribution < 1.29 is 29.1 Å². The van der Waals surface area contributed by atoms with Crippen molar-refractivity contribution in [3.8, 4) is 0 Å². The molecule has 1 aliphatic carbocycles. The lowest BCUT2D eigenvalue weighted by atomic mass is 9.93. The fraction of sp³-hybridized carbons (Fsp3) is 0.553. The third-order valence-electron chi connectivity index (χ3n) is 10.6. The van der Waals surface area contributed by atoms with E-state index < -0.39 is 47.4 Å². The highest BCUT2D eigenvalue weighted by atomic mass is 16.4. The summed E-state index contributed by atoms with van der Waals surface area (Å²) in [5.74, 6) is -2.47. The van der Waals surface area contributed by atoms with E-state index >= 15 is 0 Å².